The van der Waals surface area contributed by atoms with Crippen LogP contribution in [-0.2, 0) is 9.59 Å². The summed E-state index contributed by atoms with van der Waals surface area (Å²) in [5.41, 5.74) is -0.726. The number of nitrogens with zero attached hydrogens (tertiary/aromatic N) is 1. The molecule has 1 fully saturated rings. The van der Waals surface area contributed by atoms with Crippen LogP contribution in [0.2, 0.25) is 0 Å². The van der Waals surface area contributed by atoms with Gasteiger partial charge in [-0.25, -0.2) is 0 Å². The van der Waals surface area contributed by atoms with E-state index in [1.807, 2.05) is 27.7 Å². The zero-order valence-electron chi connectivity index (χ0n) is 13.2. The number of nitrogens with one attached hydrogen (secondary N) is 1. The van der Waals surface area contributed by atoms with Crippen LogP contribution in [0, 0.1) is 5.41 Å². The summed E-state index contributed by atoms with van der Waals surface area (Å²) in [6.07, 6.45) is 2.67. The van der Waals surface area contributed by atoms with E-state index in [0.29, 0.717) is 6.54 Å². The molecule has 1 amide bonds. The highest BCUT2D eigenvalue weighted by Gasteiger charge is 2.43. The number of hydrogen-bond acceptors (Lipinski definition) is 3. The number of carboxylic acid groups (broad SMARTS) is 1. The Bertz CT molecular complexity index is 355. The fourth-order valence-corrected chi connectivity index (χ4v) is 2.84. The van der Waals surface area contributed by atoms with Crippen LogP contribution in [-0.4, -0.2) is 47.1 Å². The molecule has 1 heterocycles. The molecule has 0 aliphatic carbocycles. The van der Waals surface area contributed by atoms with Crippen molar-refractivity contribution in [1.82, 2.24) is 10.2 Å². The fraction of sp³-hybridized carbons (Fsp3) is 0.867. The van der Waals surface area contributed by atoms with Gasteiger partial charge in [-0.1, -0.05) is 6.92 Å². The first kappa shape index (κ1) is 17.0. The van der Waals surface area contributed by atoms with Gasteiger partial charge < -0.3 is 15.3 Å². The van der Waals surface area contributed by atoms with Crippen molar-refractivity contribution in [1.29, 1.82) is 0 Å². The molecule has 0 bridgehead atoms. The first-order valence-electron chi connectivity index (χ1n) is 7.47. The SMILES string of the molecule is CCC1(C(=O)N(CCC(=O)O)C(C)(C)C)CCCNC1. The molecule has 1 aliphatic rings. The number of piperidine rings is 1. The third-order valence-corrected chi connectivity index (χ3v) is 4.21. The summed E-state index contributed by atoms with van der Waals surface area (Å²) in [6, 6.07) is 0. The molecule has 5 heteroatoms. The summed E-state index contributed by atoms with van der Waals surface area (Å²) in [5, 5.41) is 12.2. The number of hydrogen-bond donors (Lipinski definition) is 2. The second-order valence-electron chi connectivity index (χ2n) is 6.69. The molecule has 0 radical (unpaired) electrons. The van der Waals surface area contributed by atoms with Crippen molar-refractivity contribution in [2.75, 3.05) is 19.6 Å². The van der Waals surface area contributed by atoms with Crippen LogP contribution < -0.4 is 5.32 Å². The molecule has 1 saturated heterocycles. The quantitative estimate of drug-likeness (QED) is 0.808. The van der Waals surface area contributed by atoms with Crippen molar-refractivity contribution >= 4 is 11.9 Å². The van der Waals surface area contributed by atoms with Crippen LogP contribution in [0.3, 0.4) is 0 Å². The lowest BCUT2D eigenvalue weighted by atomic mass is 9.76. The Morgan fingerprint density at radius 3 is 2.40 bits per heavy atom. The molecule has 0 aromatic heterocycles. The van der Waals surface area contributed by atoms with E-state index < -0.39 is 5.97 Å². The largest absolute Gasteiger partial charge is 0.481 e. The highest BCUT2D eigenvalue weighted by molar-refractivity contribution is 5.84. The van der Waals surface area contributed by atoms with Crippen molar-refractivity contribution in [3.05, 3.63) is 0 Å². The molecule has 0 aromatic rings. The molecular weight excluding hydrogens is 256 g/mol. The molecule has 1 unspecified atom stereocenters. The van der Waals surface area contributed by atoms with Gasteiger partial charge >= 0.3 is 5.97 Å². The fourth-order valence-electron chi connectivity index (χ4n) is 2.84. The van der Waals surface area contributed by atoms with Crippen molar-refractivity contribution < 1.29 is 14.7 Å². The minimum absolute atomic E-state index is 0.00374. The van der Waals surface area contributed by atoms with Crippen LogP contribution in [0.25, 0.3) is 0 Å². The van der Waals surface area contributed by atoms with Crippen LogP contribution in [0.15, 0.2) is 0 Å². The van der Waals surface area contributed by atoms with E-state index in [1.165, 1.54) is 0 Å². The zero-order chi connectivity index (χ0) is 15.4. The number of aliphatic carboxylic acids is 1. The van der Waals surface area contributed by atoms with Gasteiger partial charge in [0.1, 0.15) is 0 Å². The maximum Gasteiger partial charge on any atom is 0.305 e. The van der Waals surface area contributed by atoms with Gasteiger partial charge in [-0.3, -0.25) is 9.59 Å². The second kappa shape index (κ2) is 6.57. The maximum absolute atomic E-state index is 13.0. The first-order valence-corrected chi connectivity index (χ1v) is 7.47. The molecule has 20 heavy (non-hydrogen) atoms. The summed E-state index contributed by atoms with van der Waals surface area (Å²) >= 11 is 0. The summed E-state index contributed by atoms with van der Waals surface area (Å²) in [7, 11) is 0. The van der Waals surface area contributed by atoms with Crippen LogP contribution in [0.4, 0.5) is 0 Å². The van der Waals surface area contributed by atoms with E-state index in [4.69, 9.17) is 5.11 Å². The average Bonchev–Trinajstić information content (AvgIpc) is 2.37. The normalized spacial score (nSPS) is 23.4. The molecule has 1 atom stereocenters. The zero-order valence-corrected chi connectivity index (χ0v) is 13.2. The molecule has 0 aromatic carbocycles. The number of rotatable bonds is 5. The molecule has 1 aliphatic heterocycles. The molecule has 116 valence electrons. The second-order valence-corrected chi connectivity index (χ2v) is 6.69. The summed E-state index contributed by atoms with van der Waals surface area (Å²) in [6.45, 7) is 9.87. The predicted molar refractivity (Wildman–Crippen MR) is 78.5 cm³/mol. The van der Waals surface area contributed by atoms with E-state index in [1.54, 1.807) is 4.90 Å². The number of carboxylic acids is 1. The first-order chi connectivity index (χ1) is 9.23. The topological polar surface area (TPSA) is 69.6 Å². The van der Waals surface area contributed by atoms with Gasteiger partial charge in [-0.2, -0.15) is 0 Å². The standard InChI is InChI=1S/C15H28N2O3/c1-5-15(8-6-9-16-11-15)13(20)17(14(2,3)4)10-7-12(18)19/h16H,5-11H2,1-4H3,(H,18,19). The van der Waals surface area contributed by atoms with E-state index in [9.17, 15) is 9.59 Å². The van der Waals surface area contributed by atoms with Crippen LogP contribution >= 0.6 is 0 Å². The van der Waals surface area contributed by atoms with Crippen molar-refractivity contribution in [3.8, 4) is 0 Å². The minimum Gasteiger partial charge on any atom is -0.481 e. The number of amides is 1. The molecule has 2 N–H and O–H groups in total. The highest BCUT2D eigenvalue weighted by Crippen LogP contribution is 2.34. The molecular formula is C15H28N2O3. The van der Waals surface area contributed by atoms with E-state index in [2.05, 4.69) is 5.32 Å². The minimum atomic E-state index is -0.862. The Morgan fingerprint density at radius 1 is 1.35 bits per heavy atom. The molecule has 5 nitrogen and oxygen atoms in total. The molecule has 0 spiro atoms. The third kappa shape index (κ3) is 3.95. The lowest BCUT2D eigenvalue weighted by Gasteiger charge is -2.44. The number of carbonyl (C=O) groups is 2. The van der Waals surface area contributed by atoms with Gasteiger partial charge in [0, 0.05) is 18.6 Å². The van der Waals surface area contributed by atoms with E-state index in [0.717, 1.165) is 25.8 Å². The van der Waals surface area contributed by atoms with Gasteiger partial charge in [0.15, 0.2) is 0 Å². The van der Waals surface area contributed by atoms with Gasteiger partial charge in [-0.15, -0.1) is 0 Å². The lowest BCUT2D eigenvalue weighted by molar-refractivity contribution is -0.150. The Labute approximate surface area is 121 Å². The Hall–Kier alpha value is -1.10. The lowest BCUT2D eigenvalue weighted by Crippen LogP contribution is -2.57. The van der Waals surface area contributed by atoms with Crippen molar-refractivity contribution in [3.63, 3.8) is 0 Å². The van der Waals surface area contributed by atoms with Crippen molar-refractivity contribution in [2.24, 2.45) is 5.41 Å². The highest BCUT2D eigenvalue weighted by atomic mass is 16.4. The smallest absolute Gasteiger partial charge is 0.305 e. The summed E-state index contributed by atoms with van der Waals surface area (Å²) in [5.74, 6) is -0.764. The third-order valence-electron chi connectivity index (χ3n) is 4.21. The molecule has 1 rings (SSSR count). The van der Waals surface area contributed by atoms with E-state index >= 15 is 0 Å². The predicted octanol–water partition coefficient (Wildman–Crippen LogP) is 1.87. The van der Waals surface area contributed by atoms with Gasteiger partial charge in [0.2, 0.25) is 5.91 Å². The van der Waals surface area contributed by atoms with E-state index in [-0.39, 0.29) is 29.8 Å². The van der Waals surface area contributed by atoms with Crippen LogP contribution in [0.1, 0.15) is 53.4 Å². The Kier molecular flexibility index (Phi) is 5.57. The monoisotopic (exact) mass is 284 g/mol. The Balaban J connectivity index is 2.93. The van der Waals surface area contributed by atoms with Gasteiger partial charge in [-0.05, 0) is 46.6 Å². The van der Waals surface area contributed by atoms with Gasteiger partial charge in [0.05, 0.1) is 11.8 Å². The average molecular weight is 284 g/mol. The van der Waals surface area contributed by atoms with Crippen LogP contribution in [0.5, 0.6) is 0 Å². The Morgan fingerprint density at radius 2 is 2.00 bits per heavy atom. The summed E-state index contributed by atoms with van der Waals surface area (Å²) < 4.78 is 0. The van der Waals surface area contributed by atoms with Crippen molar-refractivity contribution in [2.45, 2.75) is 58.9 Å². The molecule has 0 saturated carbocycles. The maximum atomic E-state index is 13.0. The van der Waals surface area contributed by atoms with Gasteiger partial charge in [0.25, 0.3) is 0 Å². The summed E-state index contributed by atoms with van der Waals surface area (Å²) in [4.78, 5) is 25.6. The number of carbonyl (C=O) groups excluding carboxylic acids is 1.